The Morgan fingerprint density at radius 1 is 1.03 bits per heavy atom. The van der Waals surface area contributed by atoms with E-state index in [0.717, 1.165) is 36.2 Å². The predicted molar refractivity (Wildman–Crippen MR) is 134 cm³/mol. The summed E-state index contributed by atoms with van der Waals surface area (Å²) in [6.45, 7) is 8.07. The Kier molecular flexibility index (Phi) is 7.15. The largest absolute Gasteiger partial charge is 0.352 e. The van der Waals surface area contributed by atoms with Crippen LogP contribution in [-0.4, -0.2) is 39.6 Å². The molecule has 1 N–H and O–H groups in total. The molecule has 3 aromatic rings. The second-order valence-electron chi connectivity index (χ2n) is 10.1. The fourth-order valence-electron chi connectivity index (χ4n) is 4.46. The van der Waals surface area contributed by atoms with Gasteiger partial charge >= 0.3 is 0 Å². The van der Waals surface area contributed by atoms with Crippen molar-refractivity contribution >= 4 is 11.8 Å². The van der Waals surface area contributed by atoms with Crippen LogP contribution in [0, 0.1) is 11.3 Å². The molecule has 0 radical (unpaired) electrons. The molecule has 1 unspecified atom stereocenters. The van der Waals surface area contributed by atoms with Gasteiger partial charge in [0.2, 0.25) is 11.8 Å². The van der Waals surface area contributed by atoms with E-state index in [9.17, 15) is 9.59 Å². The standard InChI is InChI=1S/C28H34N4O2/c1-28(2,3)27(34)31-16-10-15-23(19-31)26(33)29-17-24-20-32(18-21-11-6-4-7-12-21)30-25(24)22-13-8-5-9-14-22/h4-9,11-14,20,23H,10,15-19H2,1-3H3,(H,29,33). The molecule has 1 aliphatic heterocycles. The van der Waals surface area contributed by atoms with Gasteiger partial charge in [-0.05, 0) is 18.4 Å². The van der Waals surface area contributed by atoms with E-state index >= 15 is 0 Å². The molecule has 34 heavy (non-hydrogen) atoms. The lowest BCUT2D eigenvalue weighted by atomic mass is 9.91. The number of nitrogens with zero attached hydrogens (tertiary/aromatic N) is 3. The summed E-state index contributed by atoms with van der Waals surface area (Å²) in [5, 5.41) is 7.96. The van der Waals surface area contributed by atoms with Crippen LogP contribution in [0.15, 0.2) is 66.9 Å². The third-order valence-electron chi connectivity index (χ3n) is 6.25. The number of benzene rings is 2. The molecule has 1 fully saturated rings. The van der Waals surface area contributed by atoms with Crippen molar-refractivity contribution in [3.8, 4) is 11.3 Å². The Hall–Kier alpha value is -3.41. The van der Waals surface area contributed by atoms with Gasteiger partial charge in [0.05, 0.1) is 18.2 Å². The summed E-state index contributed by atoms with van der Waals surface area (Å²) in [6.07, 6.45) is 3.68. The molecule has 0 aliphatic carbocycles. The van der Waals surface area contributed by atoms with Crippen molar-refractivity contribution < 1.29 is 9.59 Å². The van der Waals surface area contributed by atoms with Gasteiger partial charge in [-0.15, -0.1) is 0 Å². The number of rotatable bonds is 6. The van der Waals surface area contributed by atoms with E-state index < -0.39 is 5.41 Å². The van der Waals surface area contributed by atoms with Gasteiger partial charge in [-0.3, -0.25) is 14.3 Å². The average molecular weight is 459 g/mol. The Balaban J connectivity index is 1.47. The molecule has 178 valence electrons. The number of nitrogens with one attached hydrogen (secondary N) is 1. The molecule has 4 rings (SSSR count). The van der Waals surface area contributed by atoms with Crippen molar-refractivity contribution in [2.75, 3.05) is 13.1 Å². The number of carbonyl (C=O) groups excluding carboxylic acids is 2. The van der Waals surface area contributed by atoms with Gasteiger partial charge in [0, 0.05) is 42.4 Å². The molecule has 2 amide bonds. The van der Waals surface area contributed by atoms with Crippen LogP contribution in [0.4, 0.5) is 0 Å². The molecule has 1 atom stereocenters. The van der Waals surface area contributed by atoms with Crippen LogP contribution in [-0.2, 0) is 22.7 Å². The molecular formula is C28H34N4O2. The van der Waals surface area contributed by atoms with E-state index in [-0.39, 0.29) is 17.7 Å². The second kappa shape index (κ2) is 10.2. The van der Waals surface area contributed by atoms with Crippen LogP contribution in [0.2, 0.25) is 0 Å². The molecule has 6 heteroatoms. The summed E-state index contributed by atoms with van der Waals surface area (Å²) >= 11 is 0. The lowest BCUT2D eigenvalue weighted by Crippen LogP contribution is -2.48. The minimum atomic E-state index is -0.434. The zero-order chi connectivity index (χ0) is 24.1. The highest BCUT2D eigenvalue weighted by Gasteiger charge is 2.33. The Bertz CT molecular complexity index is 1120. The van der Waals surface area contributed by atoms with Crippen molar-refractivity contribution in [2.45, 2.75) is 46.7 Å². The Morgan fingerprint density at radius 3 is 2.38 bits per heavy atom. The highest BCUT2D eigenvalue weighted by atomic mass is 16.2. The number of hydrogen-bond donors (Lipinski definition) is 1. The first kappa shape index (κ1) is 23.7. The predicted octanol–water partition coefficient (Wildman–Crippen LogP) is 4.50. The summed E-state index contributed by atoms with van der Waals surface area (Å²) in [4.78, 5) is 27.6. The first-order valence-corrected chi connectivity index (χ1v) is 12.0. The SMILES string of the molecule is CC(C)(C)C(=O)N1CCCC(C(=O)NCc2cn(Cc3ccccc3)nc2-c2ccccc2)C1. The van der Waals surface area contributed by atoms with Crippen LogP contribution in [0.1, 0.15) is 44.7 Å². The Labute approximate surface area is 202 Å². The molecule has 1 aromatic heterocycles. The summed E-state index contributed by atoms with van der Waals surface area (Å²) in [5.74, 6) is -0.0700. The summed E-state index contributed by atoms with van der Waals surface area (Å²) < 4.78 is 1.93. The van der Waals surface area contributed by atoms with Gasteiger partial charge in [-0.2, -0.15) is 5.10 Å². The first-order chi connectivity index (χ1) is 16.3. The van der Waals surface area contributed by atoms with E-state index in [0.29, 0.717) is 19.6 Å². The lowest BCUT2D eigenvalue weighted by molar-refractivity contribution is -0.142. The lowest BCUT2D eigenvalue weighted by Gasteiger charge is -2.35. The van der Waals surface area contributed by atoms with E-state index in [4.69, 9.17) is 5.10 Å². The molecule has 1 saturated heterocycles. The van der Waals surface area contributed by atoms with E-state index in [2.05, 4.69) is 17.4 Å². The first-order valence-electron chi connectivity index (χ1n) is 12.0. The minimum absolute atomic E-state index is 0.00114. The highest BCUT2D eigenvalue weighted by molar-refractivity contribution is 5.84. The van der Waals surface area contributed by atoms with Crippen molar-refractivity contribution in [3.05, 3.63) is 78.0 Å². The second-order valence-corrected chi connectivity index (χ2v) is 10.1. The van der Waals surface area contributed by atoms with Crippen molar-refractivity contribution in [1.82, 2.24) is 20.0 Å². The zero-order valence-electron chi connectivity index (χ0n) is 20.3. The van der Waals surface area contributed by atoms with E-state index in [1.807, 2.05) is 85.1 Å². The topological polar surface area (TPSA) is 67.2 Å². The van der Waals surface area contributed by atoms with Crippen LogP contribution in [0.3, 0.4) is 0 Å². The molecule has 0 saturated carbocycles. The van der Waals surface area contributed by atoms with Gasteiger partial charge in [0.25, 0.3) is 0 Å². The van der Waals surface area contributed by atoms with Crippen molar-refractivity contribution in [2.24, 2.45) is 11.3 Å². The maximum Gasteiger partial charge on any atom is 0.227 e. The third kappa shape index (κ3) is 5.74. The van der Waals surface area contributed by atoms with Crippen molar-refractivity contribution in [3.63, 3.8) is 0 Å². The van der Waals surface area contributed by atoms with Gasteiger partial charge < -0.3 is 10.2 Å². The fraction of sp³-hybridized carbons (Fsp3) is 0.393. The molecule has 2 aromatic carbocycles. The van der Waals surface area contributed by atoms with E-state index in [1.54, 1.807) is 0 Å². The van der Waals surface area contributed by atoms with E-state index in [1.165, 1.54) is 5.56 Å². The normalized spacial score (nSPS) is 16.3. The number of aromatic nitrogens is 2. The molecule has 0 spiro atoms. The van der Waals surface area contributed by atoms with Crippen LogP contribution >= 0.6 is 0 Å². The molecule has 6 nitrogen and oxygen atoms in total. The van der Waals surface area contributed by atoms with Gasteiger partial charge in [-0.1, -0.05) is 81.4 Å². The van der Waals surface area contributed by atoms with Crippen LogP contribution in [0.5, 0.6) is 0 Å². The van der Waals surface area contributed by atoms with Gasteiger partial charge in [0.1, 0.15) is 0 Å². The number of piperidine rings is 1. The molecular weight excluding hydrogens is 424 g/mol. The monoisotopic (exact) mass is 458 g/mol. The summed E-state index contributed by atoms with van der Waals surface area (Å²) in [5.41, 5.74) is 3.62. The maximum atomic E-state index is 13.1. The summed E-state index contributed by atoms with van der Waals surface area (Å²) in [6, 6.07) is 20.3. The fourth-order valence-corrected chi connectivity index (χ4v) is 4.46. The van der Waals surface area contributed by atoms with Gasteiger partial charge in [0.15, 0.2) is 0 Å². The number of likely N-dealkylation sites (tertiary alicyclic amines) is 1. The zero-order valence-corrected chi connectivity index (χ0v) is 20.3. The molecule has 0 bridgehead atoms. The Morgan fingerprint density at radius 2 is 1.71 bits per heavy atom. The number of amides is 2. The van der Waals surface area contributed by atoms with Gasteiger partial charge in [-0.25, -0.2) is 0 Å². The summed E-state index contributed by atoms with van der Waals surface area (Å²) in [7, 11) is 0. The number of hydrogen-bond acceptors (Lipinski definition) is 3. The number of carbonyl (C=O) groups is 2. The van der Waals surface area contributed by atoms with Crippen LogP contribution in [0.25, 0.3) is 11.3 Å². The molecule has 2 heterocycles. The highest BCUT2D eigenvalue weighted by Crippen LogP contribution is 2.25. The molecule has 1 aliphatic rings. The quantitative estimate of drug-likeness (QED) is 0.591. The van der Waals surface area contributed by atoms with Crippen molar-refractivity contribution in [1.29, 1.82) is 0 Å². The van der Waals surface area contributed by atoms with Crippen LogP contribution < -0.4 is 5.32 Å². The third-order valence-corrected chi connectivity index (χ3v) is 6.25. The average Bonchev–Trinajstić information content (AvgIpc) is 3.25. The minimum Gasteiger partial charge on any atom is -0.352 e. The maximum absolute atomic E-state index is 13.1. The smallest absolute Gasteiger partial charge is 0.227 e.